The van der Waals surface area contributed by atoms with Crippen LogP contribution in [0.5, 0.6) is 0 Å². The average molecular weight is 992 g/mol. The normalized spacial score (nSPS) is 32.6. The first kappa shape index (κ1) is 47.0. The molecule has 0 aromatic heterocycles. The molecule has 3 aliphatic carbocycles. The zero-order chi connectivity index (χ0) is 46.1. The molecular formula is C49H54INO13. The molecule has 3 N–H and O–H groups in total. The molecule has 0 radical (unpaired) electrons. The van der Waals surface area contributed by atoms with Crippen LogP contribution in [0.25, 0.3) is 0 Å². The number of ether oxygens (including phenoxy) is 6. The predicted molar refractivity (Wildman–Crippen MR) is 240 cm³/mol. The Kier molecular flexibility index (Phi) is 13.9. The number of aliphatic hydroxyl groups excluding tert-OH is 1. The molecule has 2 bridgehead atoms. The van der Waals surface area contributed by atoms with Crippen molar-refractivity contribution in [3.63, 3.8) is 0 Å². The summed E-state index contributed by atoms with van der Waals surface area (Å²) in [5.74, 6) is -5.30. The Morgan fingerprint density at radius 2 is 1.53 bits per heavy atom. The number of carbonyl (C=O) groups is 5. The first-order chi connectivity index (χ1) is 30.4. The summed E-state index contributed by atoms with van der Waals surface area (Å²) in [5, 5.41) is 27.7. The summed E-state index contributed by atoms with van der Waals surface area (Å²) in [7, 11) is 0. The number of hydrogen-bond donors (Lipinski definition) is 3. The van der Waals surface area contributed by atoms with E-state index in [0.29, 0.717) is 22.3 Å². The predicted octanol–water partition coefficient (Wildman–Crippen LogP) is 6.14. The summed E-state index contributed by atoms with van der Waals surface area (Å²) < 4.78 is 37.1. The number of amides is 1. The lowest BCUT2D eigenvalue weighted by Crippen LogP contribution is -2.81. The highest BCUT2D eigenvalue weighted by Crippen LogP contribution is 2.65. The molecule has 3 aromatic rings. The van der Waals surface area contributed by atoms with Gasteiger partial charge < -0.3 is 44.0 Å². The van der Waals surface area contributed by atoms with Crippen LogP contribution in [0.1, 0.15) is 86.2 Å². The second-order valence-corrected chi connectivity index (χ2v) is 18.7. The summed E-state index contributed by atoms with van der Waals surface area (Å²) in [6.45, 7) is 11.4. The number of fused-ring (bicyclic) bond motifs is 5. The lowest BCUT2D eigenvalue weighted by molar-refractivity contribution is -0.357. The van der Waals surface area contributed by atoms with Crippen molar-refractivity contribution >= 4 is 52.4 Å². The van der Waals surface area contributed by atoms with Crippen LogP contribution in [0.15, 0.2) is 115 Å². The van der Waals surface area contributed by atoms with Crippen LogP contribution in [-0.4, -0.2) is 98.5 Å². The monoisotopic (exact) mass is 991 g/mol. The second-order valence-electron chi connectivity index (χ2n) is 17.3. The number of hydrogen-bond acceptors (Lipinski definition) is 13. The van der Waals surface area contributed by atoms with Gasteiger partial charge >= 0.3 is 23.9 Å². The number of aliphatic hydroxyl groups is 2. The maximum absolute atomic E-state index is 14.4. The van der Waals surface area contributed by atoms with Gasteiger partial charge in [0.15, 0.2) is 11.9 Å². The van der Waals surface area contributed by atoms with Crippen LogP contribution in [0.4, 0.5) is 0 Å². The molecule has 1 aliphatic heterocycles. The minimum Gasteiger partial charge on any atom is -0.458 e. The highest BCUT2D eigenvalue weighted by atomic mass is 127. The fourth-order valence-electron chi connectivity index (χ4n) is 10.4. The topological polar surface area (TPSA) is 193 Å². The van der Waals surface area contributed by atoms with Crippen LogP contribution >= 0.6 is 22.6 Å². The smallest absolute Gasteiger partial charge is 0.338 e. The van der Waals surface area contributed by atoms with Crippen molar-refractivity contribution in [1.82, 2.24) is 5.32 Å². The minimum absolute atomic E-state index is 0.0897. The number of esters is 4. The van der Waals surface area contributed by atoms with Crippen molar-refractivity contribution in [2.24, 2.45) is 17.3 Å². The Balaban J connectivity index is 1.38. The van der Waals surface area contributed by atoms with Crippen LogP contribution in [-0.2, 0) is 42.8 Å². The molecule has 14 nitrogen and oxygen atoms in total. The fraction of sp³-hybridized carbons (Fsp3) is 0.449. The SMILES string of the molecule is C=C[C@H](O)O[C@H]1CC2OC[C@@]2(OC(C)=O)[C@H]2[C@H](OC(=O)c3ccccc3)C3(O)C[C@H](OC(=O)C[C@@H](NC(=O)c4ccccc4)c4ccccc4)C(C)=C([C@@H](OC(C)=O)C(I)C12C)[C@H]3C. The van der Waals surface area contributed by atoms with Gasteiger partial charge in [0.25, 0.3) is 5.91 Å². The van der Waals surface area contributed by atoms with Crippen molar-refractivity contribution < 1.29 is 62.6 Å². The molecule has 64 heavy (non-hydrogen) atoms. The van der Waals surface area contributed by atoms with E-state index < -0.39 is 105 Å². The minimum atomic E-state index is -2.13. The molecule has 2 saturated carbocycles. The third-order valence-electron chi connectivity index (χ3n) is 13.6. The van der Waals surface area contributed by atoms with Gasteiger partial charge in [0, 0.05) is 43.6 Å². The van der Waals surface area contributed by atoms with Gasteiger partial charge in [0.1, 0.15) is 30.0 Å². The summed E-state index contributed by atoms with van der Waals surface area (Å²) in [6, 6.07) is 25.0. The van der Waals surface area contributed by atoms with E-state index in [-0.39, 0.29) is 31.4 Å². The standard InChI is InChI=1S/C49H54INO13/c1-7-38(54)62-36-24-37-49(26-59-37,64-30(5)53)42-44(63-46(57)33-21-15-10-16-22-33)48(58)25-35(27(2)40(28(48)3)41(60-29(4)52)43(50)47(36,42)6)61-39(55)23-34(31-17-11-8-12-18-31)51-45(56)32-19-13-9-14-20-32/h7-22,28,34-38,41-44,54,58H,1,23-26H2,2-6H3,(H,51,56)/t28-,34-,35+,36+,37?,38-,41-,42+,43?,44+,47?,48?,49+/m1/s1. The van der Waals surface area contributed by atoms with Gasteiger partial charge in [-0.05, 0) is 54.0 Å². The molecule has 1 amide bonds. The van der Waals surface area contributed by atoms with Crippen LogP contribution in [0, 0.1) is 17.3 Å². The zero-order valence-electron chi connectivity index (χ0n) is 36.3. The Bertz CT molecular complexity index is 2270. The lowest BCUT2D eigenvalue weighted by atomic mass is 9.47. The van der Waals surface area contributed by atoms with Crippen molar-refractivity contribution in [3.05, 3.63) is 131 Å². The highest BCUT2D eigenvalue weighted by molar-refractivity contribution is 14.1. The Labute approximate surface area is 385 Å². The zero-order valence-corrected chi connectivity index (χ0v) is 38.5. The lowest BCUT2D eigenvalue weighted by Gasteiger charge is -2.68. The molecule has 340 valence electrons. The number of halogens is 1. The number of carbonyl (C=O) groups excluding carboxylic acids is 5. The van der Waals surface area contributed by atoms with Crippen molar-refractivity contribution in [2.75, 3.05) is 6.61 Å². The number of benzene rings is 3. The average Bonchev–Trinajstić information content (AvgIpc) is 3.27. The van der Waals surface area contributed by atoms with Crippen LogP contribution in [0.3, 0.4) is 0 Å². The third-order valence-corrected chi connectivity index (χ3v) is 15.6. The molecule has 4 aliphatic rings. The summed E-state index contributed by atoms with van der Waals surface area (Å²) in [5.41, 5.74) is -2.86. The third kappa shape index (κ3) is 8.76. The molecule has 1 heterocycles. The summed E-state index contributed by atoms with van der Waals surface area (Å²) in [4.78, 5) is 68.6. The number of nitrogens with one attached hydrogen (secondary N) is 1. The van der Waals surface area contributed by atoms with E-state index in [1.807, 2.05) is 13.0 Å². The molecule has 0 spiro atoms. The molecule has 4 unspecified atom stereocenters. The number of alkyl halides is 1. The number of rotatable bonds is 13. The molecule has 1 saturated heterocycles. The fourth-order valence-corrected chi connectivity index (χ4v) is 11.7. The van der Waals surface area contributed by atoms with Crippen molar-refractivity contribution in [2.45, 2.75) is 112 Å². The molecule has 3 aromatic carbocycles. The van der Waals surface area contributed by atoms with Crippen molar-refractivity contribution in [1.29, 1.82) is 0 Å². The maximum Gasteiger partial charge on any atom is 0.338 e. The van der Waals surface area contributed by atoms with Gasteiger partial charge in [-0.1, -0.05) is 110 Å². The van der Waals surface area contributed by atoms with Crippen LogP contribution in [0.2, 0.25) is 0 Å². The molecular weight excluding hydrogens is 937 g/mol. The first-order valence-corrected chi connectivity index (χ1v) is 22.6. The molecule has 13 atom stereocenters. The Hall–Kier alpha value is -4.94. The van der Waals surface area contributed by atoms with Gasteiger partial charge in [-0.25, -0.2) is 4.79 Å². The Morgan fingerprint density at radius 3 is 2.09 bits per heavy atom. The van der Waals surface area contributed by atoms with Gasteiger partial charge in [-0.15, -0.1) is 0 Å². The van der Waals surface area contributed by atoms with Gasteiger partial charge in [0.2, 0.25) is 0 Å². The quantitative estimate of drug-likeness (QED) is 0.0443. The first-order valence-electron chi connectivity index (χ1n) is 21.3. The Morgan fingerprint density at radius 1 is 0.922 bits per heavy atom. The molecule has 7 rings (SSSR count). The van der Waals surface area contributed by atoms with Crippen LogP contribution < -0.4 is 5.32 Å². The van der Waals surface area contributed by atoms with Crippen molar-refractivity contribution in [3.8, 4) is 0 Å². The van der Waals surface area contributed by atoms with Gasteiger partial charge in [-0.2, -0.15) is 0 Å². The van der Waals surface area contributed by atoms with E-state index in [1.165, 1.54) is 19.9 Å². The molecule has 3 fully saturated rings. The van der Waals surface area contributed by atoms with E-state index in [2.05, 4.69) is 34.5 Å². The van der Waals surface area contributed by atoms with E-state index >= 15 is 0 Å². The van der Waals surface area contributed by atoms with E-state index in [4.69, 9.17) is 28.4 Å². The van der Waals surface area contributed by atoms with E-state index in [0.717, 1.165) is 0 Å². The highest BCUT2D eigenvalue weighted by Gasteiger charge is 2.77. The summed E-state index contributed by atoms with van der Waals surface area (Å²) in [6.07, 6.45) is -6.44. The van der Waals surface area contributed by atoms with Gasteiger partial charge in [0.05, 0.1) is 40.6 Å². The maximum atomic E-state index is 14.4. The van der Waals surface area contributed by atoms with E-state index in [1.54, 1.807) is 98.8 Å². The summed E-state index contributed by atoms with van der Waals surface area (Å²) >= 11 is 2.17. The van der Waals surface area contributed by atoms with E-state index in [9.17, 15) is 34.2 Å². The molecule has 15 heteroatoms. The second kappa shape index (κ2) is 18.9. The largest absolute Gasteiger partial charge is 0.458 e. The van der Waals surface area contributed by atoms with Gasteiger partial charge in [-0.3, -0.25) is 19.2 Å².